The van der Waals surface area contributed by atoms with Crippen molar-refractivity contribution in [3.63, 3.8) is 0 Å². The van der Waals surface area contributed by atoms with E-state index in [9.17, 15) is 15.3 Å². The molecule has 0 radical (unpaired) electrons. The summed E-state index contributed by atoms with van der Waals surface area (Å²) in [7, 11) is 0. The molecule has 0 aliphatic carbocycles. The molecule has 1 aromatic carbocycles. The molecule has 5 nitrogen and oxygen atoms in total. The van der Waals surface area contributed by atoms with Crippen molar-refractivity contribution in [3.8, 4) is 0 Å². The van der Waals surface area contributed by atoms with E-state index >= 15 is 0 Å². The van der Waals surface area contributed by atoms with Gasteiger partial charge in [-0.2, -0.15) is 0 Å². The molecule has 5 heteroatoms. The lowest BCUT2D eigenvalue weighted by Gasteiger charge is -2.59. The largest absolute Gasteiger partial charge is 0.395 e. The number of aliphatic hydroxyl groups excluding tert-OH is 3. The first-order valence-corrected chi connectivity index (χ1v) is 12.6. The molecule has 192 valence electrons. The predicted octanol–water partition coefficient (Wildman–Crippen LogP) is 5.00. The van der Waals surface area contributed by atoms with Crippen LogP contribution in [0, 0.1) is 22.2 Å². The van der Waals surface area contributed by atoms with Crippen LogP contribution in [-0.4, -0.2) is 41.2 Å². The summed E-state index contributed by atoms with van der Waals surface area (Å²) in [6, 6.07) is 7.90. The molecule has 0 aliphatic rings. The van der Waals surface area contributed by atoms with Gasteiger partial charge in [0.2, 0.25) is 0 Å². The Morgan fingerprint density at radius 1 is 0.939 bits per heavy atom. The minimum Gasteiger partial charge on any atom is -0.395 e. The van der Waals surface area contributed by atoms with Gasteiger partial charge in [-0.25, -0.2) is 0 Å². The van der Waals surface area contributed by atoms with E-state index in [1.165, 1.54) is 0 Å². The lowest BCUT2D eigenvalue weighted by molar-refractivity contribution is -0.277. The Kier molecular flexibility index (Phi) is 11.0. The minimum atomic E-state index is -1.34. The van der Waals surface area contributed by atoms with Crippen LogP contribution >= 0.6 is 0 Å². The lowest BCUT2D eigenvalue weighted by atomic mass is 9.52. The van der Waals surface area contributed by atoms with E-state index in [-0.39, 0.29) is 0 Å². The summed E-state index contributed by atoms with van der Waals surface area (Å²) in [5.74, 6) is 0.358. The van der Waals surface area contributed by atoms with Crippen LogP contribution in [0.25, 0.3) is 0 Å². The molecule has 1 rings (SSSR count). The van der Waals surface area contributed by atoms with Gasteiger partial charge < -0.3 is 25.8 Å². The van der Waals surface area contributed by atoms with Crippen LogP contribution < -0.4 is 5.73 Å². The molecule has 0 fully saturated rings. The quantitative estimate of drug-likeness (QED) is 0.329. The van der Waals surface area contributed by atoms with Crippen molar-refractivity contribution in [1.29, 1.82) is 0 Å². The summed E-state index contributed by atoms with van der Waals surface area (Å²) in [6.45, 7) is 16.4. The fourth-order valence-corrected chi connectivity index (χ4v) is 5.39. The highest BCUT2D eigenvalue weighted by Gasteiger charge is 2.64. The Bertz CT molecular complexity index is 685. The fourth-order valence-electron chi connectivity index (χ4n) is 5.39. The van der Waals surface area contributed by atoms with E-state index in [0.717, 1.165) is 36.8 Å². The third-order valence-corrected chi connectivity index (χ3v) is 7.34. The molecule has 0 amide bonds. The molecule has 3 atom stereocenters. The van der Waals surface area contributed by atoms with Crippen LogP contribution in [0.4, 0.5) is 0 Å². The average molecular weight is 466 g/mol. The summed E-state index contributed by atoms with van der Waals surface area (Å²) in [5.41, 5.74) is 4.05. The number of aliphatic hydroxyl groups is 3. The second-order valence-corrected chi connectivity index (χ2v) is 11.8. The SMILES string of the molecule is CCCCC(CC)COC(c1ccc(CN)cc1)(C(C)(C)C)C(CO)(CO)C(O)C(C)(C)C. The predicted molar refractivity (Wildman–Crippen MR) is 137 cm³/mol. The monoisotopic (exact) mass is 465 g/mol. The van der Waals surface area contributed by atoms with Crippen molar-refractivity contribution in [2.45, 2.75) is 99.3 Å². The van der Waals surface area contributed by atoms with E-state index in [4.69, 9.17) is 10.5 Å². The number of benzene rings is 1. The molecule has 3 unspecified atom stereocenters. The molecule has 0 saturated carbocycles. The van der Waals surface area contributed by atoms with Gasteiger partial charge in [0.15, 0.2) is 0 Å². The highest BCUT2D eigenvalue weighted by atomic mass is 16.5. The molecule has 0 spiro atoms. The summed E-state index contributed by atoms with van der Waals surface area (Å²) < 4.78 is 6.96. The third kappa shape index (κ3) is 6.18. The number of hydrogen-bond acceptors (Lipinski definition) is 5. The summed E-state index contributed by atoms with van der Waals surface area (Å²) in [5, 5.41) is 33.5. The van der Waals surface area contributed by atoms with Gasteiger partial charge in [0.25, 0.3) is 0 Å². The van der Waals surface area contributed by atoms with Crippen molar-refractivity contribution < 1.29 is 20.1 Å². The molecule has 33 heavy (non-hydrogen) atoms. The fraction of sp³-hybridized carbons (Fsp3) is 0.786. The van der Waals surface area contributed by atoms with E-state index in [1.807, 2.05) is 45.0 Å². The van der Waals surface area contributed by atoms with Crippen molar-refractivity contribution in [2.24, 2.45) is 27.9 Å². The van der Waals surface area contributed by atoms with Crippen molar-refractivity contribution in [1.82, 2.24) is 0 Å². The average Bonchev–Trinajstić information content (AvgIpc) is 2.77. The smallest absolute Gasteiger partial charge is 0.110 e. The standard InChI is InChI=1S/C28H51NO4/c1-9-11-12-21(10-2)18-33-28(26(6,7)8,23-15-13-22(17-29)14-16-23)27(19-30,20-31)24(32)25(3,4)5/h13-16,21,24,30-32H,9-12,17-20,29H2,1-8H3. The maximum Gasteiger partial charge on any atom is 0.110 e. The zero-order valence-corrected chi connectivity index (χ0v) is 22.4. The second-order valence-electron chi connectivity index (χ2n) is 11.8. The Morgan fingerprint density at radius 2 is 1.48 bits per heavy atom. The molecule has 5 N–H and O–H groups in total. The lowest BCUT2D eigenvalue weighted by Crippen LogP contribution is -2.66. The maximum atomic E-state index is 11.7. The normalized spacial score (nSPS) is 17.0. The number of hydrogen-bond donors (Lipinski definition) is 4. The Morgan fingerprint density at radius 3 is 1.85 bits per heavy atom. The van der Waals surface area contributed by atoms with Crippen LogP contribution in [0.2, 0.25) is 0 Å². The van der Waals surface area contributed by atoms with Gasteiger partial charge in [0.1, 0.15) is 5.60 Å². The zero-order chi connectivity index (χ0) is 25.5. The van der Waals surface area contributed by atoms with Gasteiger partial charge >= 0.3 is 0 Å². The molecule has 0 bridgehead atoms. The van der Waals surface area contributed by atoms with Gasteiger partial charge in [-0.05, 0) is 34.3 Å². The molecule has 0 heterocycles. The highest BCUT2D eigenvalue weighted by Crippen LogP contribution is 2.58. The van der Waals surface area contributed by atoms with E-state index in [2.05, 4.69) is 34.6 Å². The van der Waals surface area contributed by atoms with Crippen LogP contribution in [0.15, 0.2) is 24.3 Å². The molecule has 1 aromatic rings. The highest BCUT2D eigenvalue weighted by molar-refractivity contribution is 5.33. The summed E-state index contributed by atoms with van der Waals surface area (Å²) in [4.78, 5) is 0. The second kappa shape index (κ2) is 12.1. The molecule has 0 aliphatic heterocycles. The van der Waals surface area contributed by atoms with Gasteiger partial charge in [-0.15, -0.1) is 0 Å². The summed E-state index contributed by atoms with van der Waals surface area (Å²) >= 11 is 0. The Balaban J connectivity index is 3.86. The first-order chi connectivity index (χ1) is 15.3. The van der Waals surface area contributed by atoms with Crippen molar-refractivity contribution in [3.05, 3.63) is 35.4 Å². The number of rotatable bonds is 13. The van der Waals surface area contributed by atoms with Crippen LogP contribution in [0.5, 0.6) is 0 Å². The summed E-state index contributed by atoms with van der Waals surface area (Å²) in [6.07, 6.45) is 3.28. The first kappa shape index (κ1) is 30.1. The van der Waals surface area contributed by atoms with Crippen LogP contribution in [-0.2, 0) is 16.9 Å². The first-order valence-electron chi connectivity index (χ1n) is 12.6. The van der Waals surface area contributed by atoms with Gasteiger partial charge in [-0.3, -0.25) is 0 Å². The number of nitrogens with two attached hydrogens (primary N) is 1. The van der Waals surface area contributed by atoms with E-state index < -0.39 is 41.2 Å². The number of ether oxygens (including phenoxy) is 1. The van der Waals surface area contributed by atoms with Crippen molar-refractivity contribution >= 4 is 0 Å². The Labute approximate surface area is 202 Å². The Hall–Kier alpha value is -0.980. The zero-order valence-electron chi connectivity index (χ0n) is 22.4. The van der Waals surface area contributed by atoms with Crippen LogP contribution in [0.1, 0.15) is 92.2 Å². The van der Waals surface area contributed by atoms with Gasteiger partial charge in [0, 0.05) is 6.54 Å². The van der Waals surface area contributed by atoms with Gasteiger partial charge in [0.05, 0.1) is 31.3 Å². The topological polar surface area (TPSA) is 95.9 Å². The molecular weight excluding hydrogens is 414 g/mol. The molecule has 0 saturated heterocycles. The third-order valence-electron chi connectivity index (χ3n) is 7.34. The molecular formula is C28H51NO4. The molecule has 0 aromatic heterocycles. The van der Waals surface area contributed by atoms with Crippen LogP contribution in [0.3, 0.4) is 0 Å². The maximum absolute atomic E-state index is 11.7. The van der Waals surface area contributed by atoms with E-state index in [0.29, 0.717) is 19.1 Å². The number of unbranched alkanes of at least 4 members (excludes halogenated alkanes) is 1. The van der Waals surface area contributed by atoms with Gasteiger partial charge in [-0.1, -0.05) is 98.9 Å². The minimum absolute atomic E-state index is 0.358. The van der Waals surface area contributed by atoms with Crippen molar-refractivity contribution in [2.75, 3.05) is 19.8 Å². The van der Waals surface area contributed by atoms with E-state index in [1.54, 1.807) is 0 Å².